The van der Waals surface area contributed by atoms with Gasteiger partial charge in [-0.1, -0.05) is 23.7 Å². The number of halogens is 1. The third-order valence-electron chi connectivity index (χ3n) is 3.97. The van der Waals surface area contributed by atoms with Gasteiger partial charge in [0, 0.05) is 12.1 Å². The first kappa shape index (κ1) is 18.0. The van der Waals surface area contributed by atoms with Crippen LogP contribution in [0, 0.1) is 0 Å². The molecule has 1 N–H and O–H groups in total. The molecule has 0 saturated carbocycles. The average Bonchev–Trinajstić information content (AvgIpc) is 2.68. The number of likely N-dealkylation sites (N-methyl/N-ethyl adjacent to an activating group) is 1. The van der Waals surface area contributed by atoms with E-state index < -0.39 is 5.97 Å². The summed E-state index contributed by atoms with van der Waals surface area (Å²) in [7, 11) is 4.64. The Morgan fingerprint density at radius 3 is 2.35 bits per heavy atom. The summed E-state index contributed by atoms with van der Waals surface area (Å²) in [5.74, 6) is 0.345. The first-order valence-electron chi connectivity index (χ1n) is 7.89. The van der Waals surface area contributed by atoms with Crippen molar-refractivity contribution in [3.05, 3.63) is 59.1 Å². The molecule has 2 aromatic rings. The van der Waals surface area contributed by atoms with Crippen molar-refractivity contribution in [2.45, 2.75) is 6.17 Å². The number of methoxy groups -OCH3 is 2. The van der Waals surface area contributed by atoms with Crippen molar-refractivity contribution in [1.29, 1.82) is 0 Å². The average molecular weight is 375 g/mol. The van der Waals surface area contributed by atoms with Crippen LogP contribution in [0.2, 0.25) is 5.02 Å². The van der Waals surface area contributed by atoms with E-state index in [0.29, 0.717) is 5.02 Å². The van der Waals surface area contributed by atoms with Crippen molar-refractivity contribution in [1.82, 2.24) is 10.4 Å². The molecule has 1 unspecified atom stereocenters. The summed E-state index contributed by atoms with van der Waals surface area (Å²) in [4.78, 5) is 12.0. The highest BCUT2D eigenvalue weighted by molar-refractivity contribution is 6.35. The van der Waals surface area contributed by atoms with Crippen LogP contribution in [0.25, 0.3) is 0 Å². The molecule has 1 heterocycles. The van der Waals surface area contributed by atoms with E-state index in [1.807, 2.05) is 48.5 Å². The molecule has 1 aliphatic heterocycles. The van der Waals surface area contributed by atoms with Gasteiger partial charge in [-0.25, -0.2) is 15.2 Å². The molecule has 2 aromatic carbocycles. The highest BCUT2D eigenvalue weighted by atomic mass is 35.5. The molecule has 0 aromatic heterocycles. The second kappa shape index (κ2) is 7.63. The maximum atomic E-state index is 12.0. The molecular weight excluding hydrogens is 356 g/mol. The van der Waals surface area contributed by atoms with Gasteiger partial charge in [0.25, 0.3) is 0 Å². The number of ether oxygens (including phenoxy) is 2. The van der Waals surface area contributed by atoms with Gasteiger partial charge in [0.15, 0.2) is 0 Å². The van der Waals surface area contributed by atoms with Crippen molar-refractivity contribution >= 4 is 29.1 Å². The predicted molar refractivity (Wildman–Crippen MR) is 100 cm³/mol. The molecule has 0 radical (unpaired) electrons. The molecule has 0 fully saturated rings. The van der Waals surface area contributed by atoms with Gasteiger partial charge in [0.05, 0.1) is 19.9 Å². The number of amidine groups is 1. The number of nitrogens with zero attached hydrogens (tertiary/aromatic N) is 3. The topological polar surface area (TPSA) is 66.4 Å². The molecule has 3 rings (SSSR count). The van der Waals surface area contributed by atoms with Gasteiger partial charge < -0.3 is 9.47 Å². The lowest BCUT2D eigenvalue weighted by atomic mass is 10.1. The van der Waals surface area contributed by atoms with Crippen molar-refractivity contribution in [3.8, 4) is 5.75 Å². The monoisotopic (exact) mass is 374 g/mol. The molecule has 1 aliphatic rings. The fourth-order valence-electron chi connectivity index (χ4n) is 2.60. The van der Waals surface area contributed by atoms with Crippen molar-refractivity contribution in [3.63, 3.8) is 0 Å². The standard InChI is InChI=1S/C18H19ClN4O3/c1-22-17(18(24)26-3)21-23(14-8-10-15(25-2)11-9-14)16(20-22)12-4-6-13(19)7-5-12/h4-11,16,20H,1-3H3. The third-order valence-corrected chi connectivity index (χ3v) is 4.22. The Hall–Kier alpha value is -2.77. The summed E-state index contributed by atoms with van der Waals surface area (Å²) in [6.45, 7) is 0. The van der Waals surface area contributed by atoms with Crippen LogP contribution < -0.4 is 15.2 Å². The Morgan fingerprint density at radius 2 is 1.77 bits per heavy atom. The Kier molecular flexibility index (Phi) is 5.29. The number of hydrazine groups is 1. The lowest BCUT2D eigenvalue weighted by Crippen LogP contribution is -2.54. The zero-order chi connectivity index (χ0) is 18.7. The van der Waals surface area contributed by atoms with Crippen molar-refractivity contribution in [2.75, 3.05) is 26.3 Å². The highest BCUT2D eigenvalue weighted by Crippen LogP contribution is 2.30. The summed E-state index contributed by atoms with van der Waals surface area (Å²) in [5, 5.41) is 8.41. The molecular formula is C18H19ClN4O3. The van der Waals surface area contributed by atoms with Crippen molar-refractivity contribution in [2.24, 2.45) is 5.10 Å². The summed E-state index contributed by atoms with van der Waals surface area (Å²) in [5.41, 5.74) is 4.97. The van der Waals surface area contributed by atoms with E-state index in [9.17, 15) is 4.79 Å². The Bertz CT molecular complexity index is 808. The van der Waals surface area contributed by atoms with Gasteiger partial charge in [-0.15, -0.1) is 5.10 Å². The number of esters is 1. The number of hydrogen-bond donors (Lipinski definition) is 1. The number of carbonyl (C=O) groups excluding carboxylic acids is 1. The zero-order valence-corrected chi connectivity index (χ0v) is 15.4. The predicted octanol–water partition coefficient (Wildman–Crippen LogP) is 2.79. The summed E-state index contributed by atoms with van der Waals surface area (Å²) >= 11 is 6.00. The van der Waals surface area contributed by atoms with Crippen LogP contribution in [-0.2, 0) is 9.53 Å². The second-order valence-corrected chi connectivity index (χ2v) is 6.04. The van der Waals surface area contributed by atoms with E-state index in [0.717, 1.165) is 17.0 Å². The summed E-state index contributed by atoms with van der Waals surface area (Å²) in [6, 6.07) is 14.8. The maximum Gasteiger partial charge on any atom is 0.377 e. The van der Waals surface area contributed by atoms with E-state index in [4.69, 9.17) is 21.1 Å². The van der Waals surface area contributed by atoms with Crippen molar-refractivity contribution < 1.29 is 14.3 Å². The zero-order valence-electron chi connectivity index (χ0n) is 14.6. The first-order chi connectivity index (χ1) is 12.5. The minimum absolute atomic E-state index is 0.147. The van der Waals surface area contributed by atoms with Gasteiger partial charge in [-0.2, -0.15) is 0 Å². The number of benzene rings is 2. The fraction of sp³-hybridized carbons (Fsp3) is 0.222. The number of hydrogen-bond acceptors (Lipinski definition) is 7. The minimum Gasteiger partial charge on any atom is -0.497 e. The Morgan fingerprint density at radius 1 is 1.12 bits per heavy atom. The molecule has 0 amide bonds. The Balaban J connectivity index is 2.05. The van der Waals surface area contributed by atoms with Crippen LogP contribution in [0.3, 0.4) is 0 Å². The molecule has 0 aliphatic carbocycles. The number of hydrazone groups is 1. The van der Waals surface area contributed by atoms with Gasteiger partial charge in [0.2, 0.25) is 5.84 Å². The minimum atomic E-state index is -0.534. The number of carbonyl (C=O) groups is 1. The van der Waals surface area contributed by atoms with Crippen LogP contribution in [0.1, 0.15) is 11.7 Å². The quantitative estimate of drug-likeness (QED) is 0.830. The van der Waals surface area contributed by atoms with E-state index in [1.165, 1.54) is 7.11 Å². The lowest BCUT2D eigenvalue weighted by molar-refractivity contribution is -0.133. The Labute approximate surface area is 156 Å². The van der Waals surface area contributed by atoms with Gasteiger partial charge in [-0.05, 0) is 42.0 Å². The van der Waals surface area contributed by atoms with E-state index >= 15 is 0 Å². The summed E-state index contributed by atoms with van der Waals surface area (Å²) in [6.07, 6.45) is -0.334. The van der Waals surface area contributed by atoms with E-state index in [2.05, 4.69) is 10.5 Å². The molecule has 8 heteroatoms. The summed E-state index contributed by atoms with van der Waals surface area (Å²) < 4.78 is 10.0. The molecule has 136 valence electrons. The fourth-order valence-corrected chi connectivity index (χ4v) is 2.72. The number of rotatable bonds is 4. The van der Waals surface area contributed by atoms with Crippen LogP contribution in [0.15, 0.2) is 53.6 Å². The molecule has 0 bridgehead atoms. The smallest absolute Gasteiger partial charge is 0.377 e. The molecule has 7 nitrogen and oxygen atoms in total. The van der Waals surface area contributed by atoms with Crippen LogP contribution in [0.4, 0.5) is 5.69 Å². The van der Waals surface area contributed by atoms with Gasteiger partial charge in [0.1, 0.15) is 11.9 Å². The maximum absolute atomic E-state index is 12.0. The molecule has 0 spiro atoms. The SMILES string of the molecule is COC(=O)C1=NN(c2ccc(OC)cc2)C(c2ccc(Cl)cc2)NN1C. The van der Waals surface area contributed by atoms with E-state index in [-0.39, 0.29) is 12.0 Å². The number of nitrogens with one attached hydrogen (secondary N) is 1. The third kappa shape index (κ3) is 3.58. The van der Waals surface area contributed by atoms with Crippen LogP contribution >= 0.6 is 11.6 Å². The highest BCUT2D eigenvalue weighted by Gasteiger charge is 2.32. The molecule has 1 atom stereocenters. The second-order valence-electron chi connectivity index (χ2n) is 5.60. The van der Waals surface area contributed by atoms with E-state index in [1.54, 1.807) is 24.2 Å². The normalized spacial score (nSPS) is 16.9. The number of anilines is 1. The van der Waals surface area contributed by atoms with Crippen LogP contribution in [0.5, 0.6) is 5.75 Å². The molecule has 26 heavy (non-hydrogen) atoms. The lowest BCUT2D eigenvalue weighted by Gasteiger charge is -2.39. The first-order valence-corrected chi connectivity index (χ1v) is 8.27. The van der Waals surface area contributed by atoms with Gasteiger partial charge >= 0.3 is 5.97 Å². The largest absolute Gasteiger partial charge is 0.497 e. The van der Waals surface area contributed by atoms with Gasteiger partial charge in [-0.3, -0.25) is 5.01 Å². The molecule has 0 saturated heterocycles. The van der Waals surface area contributed by atoms with Crippen LogP contribution in [-0.4, -0.2) is 38.1 Å².